The van der Waals surface area contributed by atoms with Crippen molar-refractivity contribution in [3.05, 3.63) is 11.9 Å². The molecular weight excluding hydrogens is 242 g/mol. The number of β-amino-alcohol motifs (C(OH)–C–C–N with tert-alkyl or cyclic N) is 1. The topological polar surface area (TPSA) is 87.3 Å². The molecule has 4 N–H and O–H groups in total. The summed E-state index contributed by atoms with van der Waals surface area (Å²) in [5.74, 6) is 8.07. The molecule has 0 saturated carbocycles. The van der Waals surface area contributed by atoms with Gasteiger partial charge in [-0.05, 0) is 18.8 Å². The maximum Gasteiger partial charge on any atom is 0.145 e. The fourth-order valence-corrected chi connectivity index (χ4v) is 2.31. The molecule has 6 nitrogen and oxygen atoms in total. The molecule has 2 heterocycles. The zero-order chi connectivity index (χ0) is 13.8. The first-order chi connectivity index (χ1) is 9.13. The number of aliphatic hydroxyl groups excluding tert-OH is 1. The lowest BCUT2D eigenvalue weighted by Gasteiger charge is -2.35. The molecule has 0 aliphatic carbocycles. The van der Waals surface area contributed by atoms with Crippen molar-refractivity contribution >= 4 is 11.6 Å². The third kappa shape index (κ3) is 3.33. The summed E-state index contributed by atoms with van der Waals surface area (Å²) in [4.78, 5) is 11.0. The summed E-state index contributed by atoms with van der Waals surface area (Å²) < 4.78 is 0. The van der Waals surface area contributed by atoms with Crippen LogP contribution in [0.25, 0.3) is 0 Å². The SMILES string of the molecule is CCCc1nc(NN)cc(N2CCC(C)C(O)C2)n1. The van der Waals surface area contributed by atoms with Gasteiger partial charge in [-0.15, -0.1) is 0 Å². The Morgan fingerprint density at radius 1 is 1.53 bits per heavy atom. The third-order valence-corrected chi connectivity index (χ3v) is 3.62. The number of hydrazine groups is 1. The minimum absolute atomic E-state index is 0.298. The van der Waals surface area contributed by atoms with E-state index in [2.05, 4.69) is 34.1 Å². The maximum absolute atomic E-state index is 9.98. The van der Waals surface area contributed by atoms with E-state index in [1.807, 2.05) is 6.07 Å². The summed E-state index contributed by atoms with van der Waals surface area (Å²) in [6.07, 6.45) is 2.50. The molecule has 1 aromatic rings. The first-order valence-electron chi connectivity index (χ1n) is 6.91. The highest BCUT2D eigenvalue weighted by atomic mass is 16.3. The van der Waals surface area contributed by atoms with Crippen molar-refractivity contribution in [2.45, 2.75) is 39.2 Å². The molecule has 0 spiro atoms. The number of nitrogens with two attached hydrogens (primary N) is 1. The Bertz CT molecular complexity index is 425. The normalized spacial score (nSPS) is 23.5. The number of nitrogens with zero attached hydrogens (tertiary/aromatic N) is 3. The van der Waals surface area contributed by atoms with Crippen LogP contribution in [0, 0.1) is 5.92 Å². The molecule has 1 aliphatic heterocycles. The summed E-state index contributed by atoms with van der Waals surface area (Å²) in [6.45, 7) is 5.70. The van der Waals surface area contributed by atoms with Crippen LogP contribution in [0.15, 0.2) is 6.07 Å². The second-order valence-electron chi connectivity index (χ2n) is 5.20. The summed E-state index contributed by atoms with van der Waals surface area (Å²) in [7, 11) is 0. The predicted molar refractivity (Wildman–Crippen MR) is 75.8 cm³/mol. The van der Waals surface area contributed by atoms with Gasteiger partial charge in [0.1, 0.15) is 17.5 Å². The van der Waals surface area contributed by atoms with E-state index in [9.17, 15) is 5.11 Å². The summed E-state index contributed by atoms with van der Waals surface area (Å²) in [5, 5.41) is 9.98. The molecule has 1 aromatic heterocycles. The lowest BCUT2D eigenvalue weighted by Crippen LogP contribution is -2.43. The summed E-state index contributed by atoms with van der Waals surface area (Å²) in [5.41, 5.74) is 2.58. The monoisotopic (exact) mass is 265 g/mol. The number of nitrogen functional groups attached to an aromatic ring is 1. The predicted octanol–water partition coefficient (Wildman–Crippen LogP) is 0.922. The number of aromatic nitrogens is 2. The number of hydrogen-bond acceptors (Lipinski definition) is 6. The van der Waals surface area contributed by atoms with Gasteiger partial charge in [-0.3, -0.25) is 0 Å². The van der Waals surface area contributed by atoms with E-state index in [1.165, 1.54) is 0 Å². The molecule has 2 rings (SSSR count). The third-order valence-electron chi connectivity index (χ3n) is 3.62. The van der Waals surface area contributed by atoms with E-state index in [4.69, 9.17) is 5.84 Å². The number of aryl methyl sites for hydroxylation is 1. The first kappa shape index (κ1) is 14.0. The van der Waals surface area contributed by atoms with Gasteiger partial charge in [-0.25, -0.2) is 15.8 Å². The first-order valence-corrected chi connectivity index (χ1v) is 6.91. The Morgan fingerprint density at radius 2 is 2.32 bits per heavy atom. The number of rotatable bonds is 4. The lowest BCUT2D eigenvalue weighted by atomic mass is 9.96. The molecule has 1 aliphatic rings. The fraction of sp³-hybridized carbons (Fsp3) is 0.692. The largest absolute Gasteiger partial charge is 0.391 e. The Labute approximate surface area is 114 Å². The van der Waals surface area contributed by atoms with Crippen LogP contribution in [-0.2, 0) is 6.42 Å². The highest BCUT2D eigenvalue weighted by molar-refractivity contribution is 5.49. The van der Waals surface area contributed by atoms with E-state index in [1.54, 1.807) is 0 Å². The molecule has 2 atom stereocenters. The van der Waals surface area contributed by atoms with Gasteiger partial charge in [0.15, 0.2) is 0 Å². The summed E-state index contributed by atoms with van der Waals surface area (Å²) in [6, 6.07) is 1.84. The average Bonchev–Trinajstić information content (AvgIpc) is 2.42. The second kappa shape index (κ2) is 6.16. The Kier molecular flexibility index (Phi) is 4.55. The highest BCUT2D eigenvalue weighted by Crippen LogP contribution is 2.23. The van der Waals surface area contributed by atoms with Gasteiger partial charge < -0.3 is 15.4 Å². The molecule has 0 amide bonds. The molecule has 0 bridgehead atoms. The number of nitrogens with one attached hydrogen (secondary N) is 1. The molecule has 106 valence electrons. The van der Waals surface area contributed by atoms with Gasteiger partial charge in [0, 0.05) is 25.6 Å². The van der Waals surface area contributed by atoms with E-state index in [0.717, 1.165) is 37.4 Å². The van der Waals surface area contributed by atoms with Crippen molar-refractivity contribution < 1.29 is 5.11 Å². The molecule has 0 radical (unpaired) electrons. The van der Waals surface area contributed by atoms with E-state index in [0.29, 0.717) is 18.3 Å². The van der Waals surface area contributed by atoms with Gasteiger partial charge >= 0.3 is 0 Å². The van der Waals surface area contributed by atoms with E-state index >= 15 is 0 Å². The Balaban J connectivity index is 2.20. The smallest absolute Gasteiger partial charge is 0.145 e. The van der Waals surface area contributed by atoms with Crippen LogP contribution in [0.2, 0.25) is 0 Å². The molecule has 6 heteroatoms. The van der Waals surface area contributed by atoms with E-state index < -0.39 is 0 Å². The molecule has 19 heavy (non-hydrogen) atoms. The fourth-order valence-electron chi connectivity index (χ4n) is 2.31. The Hall–Kier alpha value is -1.40. The van der Waals surface area contributed by atoms with Crippen molar-refractivity contribution in [3.8, 4) is 0 Å². The second-order valence-corrected chi connectivity index (χ2v) is 5.20. The van der Waals surface area contributed by atoms with Crippen molar-refractivity contribution in [2.24, 2.45) is 11.8 Å². The van der Waals surface area contributed by atoms with Gasteiger partial charge in [0.05, 0.1) is 6.10 Å². The van der Waals surface area contributed by atoms with E-state index in [-0.39, 0.29) is 6.10 Å². The van der Waals surface area contributed by atoms with Crippen LogP contribution in [0.5, 0.6) is 0 Å². The van der Waals surface area contributed by atoms with Crippen LogP contribution < -0.4 is 16.2 Å². The zero-order valence-corrected chi connectivity index (χ0v) is 11.6. The maximum atomic E-state index is 9.98. The van der Waals surface area contributed by atoms with Gasteiger partial charge in [0.2, 0.25) is 0 Å². The van der Waals surface area contributed by atoms with Crippen LogP contribution in [0.3, 0.4) is 0 Å². The van der Waals surface area contributed by atoms with Crippen LogP contribution >= 0.6 is 0 Å². The highest BCUT2D eigenvalue weighted by Gasteiger charge is 2.25. The number of anilines is 2. The van der Waals surface area contributed by atoms with Gasteiger partial charge in [-0.2, -0.15) is 0 Å². The minimum atomic E-state index is -0.298. The average molecular weight is 265 g/mol. The number of hydrogen-bond donors (Lipinski definition) is 3. The minimum Gasteiger partial charge on any atom is -0.391 e. The lowest BCUT2D eigenvalue weighted by molar-refractivity contribution is 0.102. The quantitative estimate of drug-likeness (QED) is 0.554. The molecular formula is C13H23N5O. The standard InChI is InChI=1S/C13H23N5O/c1-3-4-11-15-12(17-14)7-13(16-11)18-6-5-9(2)10(19)8-18/h7,9-10,19H,3-6,8,14H2,1-2H3,(H,15,16,17). The Morgan fingerprint density at radius 3 is 2.95 bits per heavy atom. The van der Waals surface area contributed by atoms with Crippen LogP contribution in [0.1, 0.15) is 32.5 Å². The molecule has 0 aromatic carbocycles. The van der Waals surface area contributed by atoms with Gasteiger partial charge in [-0.1, -0.05) is 13.8 Å². The van der Waals surface area contributed by atoms with Crippen molar-refractivity contribution in [1.82, 2.24) is 9.97 Å². The van der Waals surface area contributed by atoms with Crippen LogP contribution in [-0.4, -0.2) is 34.3 Å². The molecule has 2 unspecified atom stereocenters. The molecule has 1 fully saturated rings. The van der Waals surface area contributed by atoms with Crippen molar-refractivity contribution in [3.63, 3.8) is 0 Å². The van der Waals surface area contributed by atoms with Gasteiger partial charge in [0.25, 0.3) is 0 Å². The number of aliphatic hydroxyl groups is 1. The van der Waals surface area contributed by atoms with Crippen molar-refractivity contribution in [2.75, 3.05) is 23.4 Å². The molecule has 1 saturated heterocycles. The summed E-state index contributed by atoms with van der Waals surface area (Å²) >= 11 is 0. The number of piperidine rings is 1. The zero-order valence-electron chi connectivity index (χ0n) is 11.6. The van der Waals surface area contributed by atoms with Crippen molar-refractivity contribution in [1.29, 1.82) is 0 Å². The van der Waals surface area contributed by atoms with Crippen LogP contribution in [0.4, 0.5) is 11.6 Å².